The van der Waals surface area contributed by atoms with Gasteiger partial charge in [0.2, 0.25) is 10.0 Å². The highest BCUT2D eigenvalue weighted by Crippen LogP contribution is 2.31. The molecule has 3 N–H and O–H groups in total. The zero-order chi connectivity index (χ0) is 17.5. The average Bonchev–Trinajstić information content (AvgIpc) is 2.81. The molecule has 0 saturated heterocycles. The maximum atomic E-state index is 11.4. The van der Waals surface area contributed by atoms with Crippen molar-refractivity contribution in [3.63, 3.8) is 0 Å². The van der Waals surface area contributed by atoms with Crippen LogP contribution in [0, 0.1) is 0 Å². The van der Waals surface area contributed by atoms with Crippen LogP contribution in [0.3, 0.4) is 0 Å². The lowest BCUT2D eigenvalue weighted by Crippen LogP contribution is -2.10. The van der Waals surface area contributed by atoms with E-state index in [1.54, 1.807) is 35.1 Å². The third-order valence-electron chi connectivity index (χ3n) is 3.27. The van der Waals surface area contributed by atoms with Crippen LogP contribution in [-0.2, 0) is 10.0 Å². The van der Waals surface area contributed by atoms with Crippen molar-refractivity contribution in [3.8, 4) is 11.4 Å². The Morgan fingerprint density at radius 2 is 2.08 bits per heavy atom. The fourth-order valence-electron chi connectivity index (χ4n) is 2.32. The number of halogens is 1. The largest absolute Gasteiger partial charge is 0.494 e. The Morgan fingerprint density at radius 1 is 1.33 bits per heavy atom. The number of benzene rings is 1. The second kappa shape index (κ2) is 5.84. The van der Waals surface area contributed by atoms with Crippen molar-refractivity contribution in [2.75, 3.05) is 23.8 Å². The van der Waals surface area contributed by atoms with Crippen LogP contribution in [0.4, 0.5) is 11.5 Å². The highest BCUT2D eigenvalue weighted by atomic mass is 35.5. The molecule has 24 heavy (non-hydrogen) atoms. The van der Waals surface area contributed by atoms with Crippen molar-refractivity contribution < 1.29 is 13.2 Å². The first-order chi connectivity index (χ1) is 11.3. The highest BCUT2D eigenvalue weighted by molar-refractivity contribution is 7.92. The van der Waals surface area contributed by atoms with Gasteiger partial charge >= 0.3 is 0 Å². The van der Waals surface area contributed by atoms with Gasteiger partial charge in [0.15, 0.2) is 5.82 Å². The summed E-state index contributed by atoms with van der Waals surface area (Å²) in [5, 5.41) is 5.25. The minimum atomic E-state index is -3.39. The predicted octanol–water partition coefficient (Wildman–Crippen LogP) is 2.04. The molecule has 0 atom stereocenters. The van der Waals surface area contributed by atoms with E-state index in [1.807, 2.05) is 0 Å². The Bertz CT molecular complexity index is 1030. The summed E-state index contributed by atoms with van der Waals surface area (Å²) in [5.41, 5.74) is 7.54. The maximum absolute atomic E-state index is 11.4. The number of sulfonamides is 1. The Balaban J connectivity index is 2.18. The lowest BCUT2D eigenvalue weighted by atomic mass is 10.2. The fraction of sp³-hybridized carbons (Fsp3) is 0.143. The van der Waals surface area contributed by atoms with E-state index in [2.05, 4.69) is 14.8 Å². The minimum Gasteiger partial charge on any atom is -0.494 e. The number of rotatable bonds is 4. The maximum Gasteiger partial charge on any atom is 0.229 e. The summed E-state index contributed by atoms with van der Waals surface area (Å²) in [6, 6.07) is 6.48. The molecule has 10 heteroatoms. The SMILES string of the molecule is COc1cc(NS(C)(=O)=O)ccc1-n1nc(N)c2cnc(Cl)cc21. The first-order valence-electron chi connectivity index (χ1n) is 6.74. The molecule has 1 aromatic carbocycles. The summed E-state index contributed by atoms with van der Waals surface area (Å²) in [7, 11) is -1.91. The zero-order valence-corrected chi connectivity index (χ0v) is 14.4. The first-order valence-corrected chi connectivity index (χ1v) is 9.01. The van der Waals surface area contributed by atoms with Crippen molar-refractivity contribution in [3.05, 3.63) is 35.6 Å². The number of aromatic nitrogens is 3. The molecule has 0 aliphatic rings. The van der Waals surface area contributed by atoms with Crippen LogP contribution in [0.5, 0.6) is 5.75 Å². The summed E-state index contributed by atoms with van der Waals surface area (Å²) >= 11 is 5.96. The number of nitrogen functional groups attached to an aromatic ring is 1. The molecule has 0 unspecified atom stereocenters. The van der Waals surface area contributed by atoms with E-state index in [1.165, 1.54) is 7.11 Å². The molecular weight excluding hydrogens is 354 g/mol. The van der Waals surface area contributed by atoms with Gasteiger partial charge in [0.05, 0.1) is 30.0 Å². The Kier molecular flexibility index (Phi) is 3.98. The van der Waals surface area contributed by atoms with Gasteiger partial charge in [0.25, 0.3) is 0 Å². The number of ether oxygens (including phenoxy) is 1. The van der Waals surface area contributed by atoms with E-state index >= 15 is 0 Å². The van der Waals surface area contributed by atoms with Crippen molar-refractivity contribution in [1.29, 1.82) is 0 Å². The fourth-order valence-corrected chi connectivity index (χ4v) is 3.03. The van der Waals surface area contributed by atoms with E-state index in [9.17, 15) is 8.42 Å². The molecule has 0 bridgehead atoms. The van der Waals surface area contributed by atoms with Crippen LogP contribution >= 0.6 is 11.6 Å². The van der Waals surface area contributed by atoms with Crippen molar-refractivity contribution in [2.24, 2.45) is 0 Å². The molecule has 0 spiro atoms. The Morgan fingerprint density at radius 3 is 2.75 bits per heavy atom. The van der Waals surface area contributed by atoms with Gasteiger partial charge in [-0.2, -0.15) is 0 Å². The molecule has 2 heterocycles. The predicted molar refractivity (Wildman–Crippen MR) is 93.3 cm³/mol. The molecule has 0 fully saturated rings. The Hall–Kier alpha value is -2.52. The van der Waals surface area contributed by atoms with Crippen LogP contribution in [0.15, 0.2) is 30.5 Å². The lowest BCUT2D eigenvalue weighted by molar-refractivity contribution is 0.412. The van der Waals surface area contributed by atoms with Gasteiger partial charge in [-0.1, -0.05) is 11.6 Å². The van der Waals surface area contributed by atoms with Crippen LogP contribution in [0.2, 0.25) is 5.15 Å². The molecule has 8 nitrogen and oxygen atoms in total. The third-order valence-corrected chi connectivity index (χ3v) is 4.08. The number of anilines is 2. The van der Waals surface area contributed by atoms with Crippen molar-refractivity contribution in [2.45, 2.75) is 0 Å². The van der Waals surface area contributed by atoms with E-state index in [0.29, 0.717) is 39.0 Å². The summed E-state index contributed by atoms with van der Waals surface area (Å²) in [5.74, 6) is 0.718. The van der Waals surface area contributed by atoms with E-state index in [-0.39, 0.29) is 0 Å². The minimum absolute atomic E-state index is 0.301. The number of pyridine rings is 1. The summed E-state index contributed by atoms with van der Waals surface area (Å²) in [4.78, 5) is 4.00. The van der Waals surface area contributed by atoms with Gasteiger partial charge in [0, 0.05) is 18.3 Å². The second-order valence-electron chi connectivity index (χ2n) is 5.08. The first kappa shape index (κ1) is 16.3. The highest BCUT2D eigenvalue weighted by Gasteiger charge is 2.15. The molecule has 3 aromatic rings. The second-order valence-corrected chi connectivity index (χ2v) is 7.22. The standard InChI is InChI=1S/C14H14ClN5O3S/c1-23-12-5-8(19-24(2,21)22)3-4-10(12)20-11-6-13(15)17-7-9(11)14(16)18-20/h3-7,19H,1-2H3,(H2,16,18). The van der Waals surface area contributed by atoms with Gasteiger partial charge in [-0.15, -0.1) is 5.10 Å². The molecule has 2 aromatic heterocycles. The molecule has 0 saturated carbocycles. The number of hydrogen-bond donors (Lipinski definition) is 2. The summed E-state index contributed by atoms with van der Waals surface area (Å²) in [6.45, 7) is 0. The lowest BCUT2D eigenvalue weighted by Gasteiger charge is -2.12. The summed E-state index contributed by atoms with van der Waals surface area (Å²) < 4.78 is 32.0. The normalized spacial score (nSPS) is 11.6. The van der Waals surface area contributed by atoms with Gasteiger partial charge in [-0.3, -0.25) is 4.72 Å². The smallest absolute Gasteiger partial charge is 0.229 e. The van der Waals surface area contributed by atoms with E-state index < -0.39 is 10.0 Å². The van der Waals surface area contributed by atoms with Gasteiger partial charge in [0.1, 0.15) is 16.6 Å². The molecule has 3 rings (SSSR count). The number of fused-ring (bicyclic) bond motifs is 1. The van der Waals surface area contributed by atoms with E-state index in [4.69, 9.17) is 22.1 Å². The topological polar surface area (TPSA) is 112 Å². The van der Waals surface area contributed by atoms with Gasteiger partial charge in [-0.25, -0.2) is 18.1 Å². The van der Waals surface area contributed by atoms with Crippen LogP contribution in [-0.4, -0.2) is 36.5 Å². The number of nitrogens with one attached hydrogen (secondary N) is 1. The molecule has 0 aliphatic heterocycles. The molecule has 0 amide bonds. The number of methoxy groups -OCH3 is 1. The average molecular weight is 368 g/mol. The molecule has 0 radical (unpaired) electrons. The number of nitrogens with zero attached hydrogens (tertiary/aromatic N) is 3. The van der Waals surface area contributed by atoms with Crippen LogP contribution < -0.4 is 15.2 Å². The molecule has 0 aliphatic carbocycles. The van der Waals surface area contributed by atoms with Crippen LogP contribution in [0.1, 0.15) is 0 Å². The molecular formula is C14H14ClN5O3S. The van der Waals surface area contributed by atoms with Gasteiger partial charge < -0.3 is 10.5 Å². The zero-order valence-electron chi connectivity index (χ0n) is 12.8. The number of nitrogens with two attached hydrogens (primary N) is 1. The monoisotopic (exact) mass is 367 g/mol. The molecule has 126 valence electrons. The number of hydrogen-bond acceptors (Lipinski definition) is 6. The van der Waals surface area contributed by atoms with Crippen LogP contribution in [0.25, 0.3) is 16.6 Å². The third kappa shape index (κ3) is 3.08. The quantitative estimate of drug-likeness (QED) is 0.682. The van der Waals surface area contributed by atoms with Crippen molar-refractivity contribution >= 4 is 44.0 Å². The van der Waals surface area contributed by atoms with E-state index in [0.717, 1.165) is 6.26 Å². The van der Waals surface area contributed by atoms with Crippen molar-refractivity contribution in [1.82, 2.24) is 14.8 Å². The summed E-state index contributed by atoms with van der Waals surface area (Å²) in [6.07, 6.45) is 2.62. The Labute approximate surface area is 143 Å². The van der Waals surface area contributed by atoms with Gasteiger partial charge in [-0.05, 0) is 12.1 Å².